The molecule has 144 valence electrons. The number of anilines is 1. The molecule has 6 nitrogen and oxygen atoms in total. The zero-order chi connectivity index (χ0) is 19.3. The Bertz CT molecular complexity index is 849. The molecule has 0 aromatic heterocycles. The molecule has 0 unspecified atom stereocenters. The number of hydrogen-bond donors (Lipinski definition) is 0. The van der Waals surface area contributed by atoms with Crippen LogP contribution in [-0.4, -0.2) is 62.8 Å². The van der Waals surface area contributed by atoms with Crippen molar-refractivity contribution < 1.29 is 13.2 Å². The molecule has 0 bridgehead atoms. The predicted octanol–water partition coefficient (Wildman–Crippen LogP) is 2.05. The Hall–Kier alpha value is -2.22. The minimum Gasteiger partial charge on any atom is -0.312 e. The van der Waals surface area contributed by atoms with Gasteiger partial charge in [-0.25, -0.2) is 8.42 Å². The number of nitrogens with zero attached hydrogens (tertiary/aromatic N) is 3. The maximum atomic E-state index is 12.7. The second-order valence-electron chi connectivity index (χ2n) is 6.47. The summed E-state index contributed by atoms with van der Waals surface area (Å²) in [7, 11) is -3.47. The second kappa shape index (κ2) is 8.65. The third kappa shape index (κ3) is 4.55. The van der Waals surface area contributed by atoms with E-state index in [2.05, 4.69) is 0 Å². The number of likely N-dealkylation sites (N-methyl/N-ethyl adjacent to an activating group) is 1. The highest BCUT2D eigenvalue weighted by atomic mass is 32.2. The first-order chi connectivity index (χ1) is 13.0. The fraction of sp³-hybridized carbons (Fsp3) is 0.350. The van der Waals surface area contributed by atoms with Crippen LogP contribution in [0.2, 0.25) is 0 Å². The molecule has 0 N–H and O–H groups in total. The number of piperazine rings is 1. The molecule has 2 aromatic rings. The number of benzene rings is 2. The van der Waals surface area contributed by atoms with Gasteiger partial charge in [-0.2, -0.15) is 4.31 Å². The highest BCUT2D eigenvalue weighted by Crippen LogP contribution is 2.18. The fourth-order valence-corrected chi connectivity index (χ4v) is 4.70. The molecule has 1 fully saturated rings. The molecule has 3 rings (SSSR count). The first-order valence-electron chi connectivity index (χ1n) is 9.15. The standard InChI is InChI=1S/C20H25N3O3S/c1-2-23(18-9-5-3-6-10-18)20(24)17-21-13-15-22(16-14-21)27(25,26)19-11-7-4-8-12-19/h3-12H,2,13-17H2,1H3. The number of carbonyl (C=O) groups is 1. The lowest BCUT2D eigenvalue weighted by Crippen LogP contribution is -2.51. The molecule has 0 atom stereocenters. The number of sulfonamides is 1. The van der Waals surface area contributed by atoms with Crippen molar-refractivity contribution in [2.75, 3.05) is 44.2 Å². The van der Waals surface area contributed by atoms with Crippen LogP contribution in [0.1, 0.15) is 6.92 Å². The van der Waals surface area contributed by atoms with E-state index in [4.69, 9.17) is 0 Å². The Morgan fingerprint density at radius 2 is 1.48 bits per heavy atom. The lowest BCUT2D eigenvalue weighted by atomic mass is 10.2. The Morgan fingerprint density at radius 1 is 0.926 bits per heavy atom. The van der Waals surface area contributed by atoms with E-state index in [0.717, 1.165) is 5.69 Å². The van der Waals surface area contributed by atoms with Crippen LogP contribution in [-0.2, 0) is 14.8 Å². The second-order valence-corrected chi connectivity index (χ2v) is 8.40. The SMILES string of the molecule is CCN(C(=O)CN1CCN(S(=O)(=O)c2ccccc2)CC1)c1ccccc1. The van der Waals surface area contributed by atoms with Gasteiger partial charge in [-0.3, -0.25) is 9.69 Å². The van der Waals surface area contributed by atoms with Crippen molar-refractivity contribution in [3.8, 4) is 0 Å². The molecule has 1 saturated heterocycles. The summed E-state index contributed by atoms with van der Waals surface area (Å²) in [5.41, 5.74) is 0.885. The predicted molar refractivity (Wildman–Crippen MR) is 106 cm³/mol. The molecule has 1 aliphatic rings. The van der Waals surface area contributed by atoms with Crippen molar-refractivity contribution in [3.05, 3.63) is 60.7 Å². The van der Waals surface area contributed by atoms with Gasteiger partial charge >= 0.3 is 0 Å². The van der Waals surface area contributed by atoms with Crippen molar-refractivity contribution in [3.63, 3.8) is 0 Å². The summed E-state index contributed by atoms with van der Waals surface area (Å²) < 4.78 is 26.9. The van der Waals surface area contributed by atoms with E-state index in [9.17, 15) is 13.2 Å². The molecule has 0 aliphatic carbocycles. The van der Waals surface area contributed by atoms with E-state index < -0.39 is 10.0 Å². The van der Waals surface area contributed by atoms with Gasteiger partial charge in [0.15, 0.2) is 0 Å². The molecule has 1 amide bonds. The highest BCUT2D eigenvalue weighted by molar-refractivity contribution is 7.89. The van der Waals surface area contributed by atoms with E-state index in [1.807, 2.05) is 42.2 Å². The monoisotopic (exact) mass is 387 g/mol. The summed E-state index contributed by atoms with van der Waals surface area (Å²) in [6.07, 6.45) is 0. The average molecular weight is 388 g/mol. The van der Waals surface area contributed by atoms with Gasteiger partial charge < -0.3 is 4.90 Å². The minimum absolute atomic E-state index is 0.0306. The number of rotatable bonds is 6. The quantitative estimate of drug-likeness (QED) is 0.761. The van der Waals surface area contributed by atoms with Gasteiger partial charge in [0.2, 0.25) is 15.9 Å². The van der Waals surface area contributed by atoms with Crippen LogP contribution in [0.25, 0.3) is 0 Å². The Balaban J connectivity index is 1.59. The van der Waals surface area contributed by atoms with Crippen LogP contribution in [0.5, 0.6) is 0 Å². The topological polar surface area (TPSA) is 60.9 Å². The zero-order valence-corrected chi connectivity index (χ0v) is 16.3. The maximum Gasteiger partial charge on any atom is 0.243 e. The van der Waals surface area contributed by atoms with Crippen LogP contribution in [0.4, 0.5) is 5.69 Å². The number of amides is 1. The Labute approximate surface area is 161 Å². The van der Waals surface area contributed by atoms with Gasteiger partial charge in [-0.05, 0) is 31.2 Å². The third-order valence-corrected chi connectivity index (χ3v) is 6.67. The van der Waals surface area contributed by atoms with Crippen molar-refractivity contribution in [2.45, 2.75) is 11.8 Å². The van der Waals surface area contributed by atoms with Gasteiger partial charge in [0.05, 0.1) is 11.4 Å². The molecule has 1 aliphatic heterocycles. The van der Waals surface area contributed by atoms with Crippen LogP contribution in [0.3, 0.4) is 0 Å². The molecule has 27 heavy (non-hydrogen) atoms. The minimum atomic E-state index is -3.47. The Kier molecular flexibility index (Phi) is 6.26. The largest absolute Gasteiger partial charge is 0.312 e. The number of carbonyl (C=O) groups excluding carboxylic acids is 1. The van der Waals surface area contributed by atoms with E-state index in [1.165, 1.54) is 4.31 Å². The molecule has 1 heterocycles. The number of hydrogen-bond acceptors (Lipinski definition) is 4. The smallest absolute Gasteiger partial charge is 0.243 e. The van der Waals surface area contributed by atoms with Crippen molar-refractivity contribution in [1.29, 1.82) is 0 Å². The molecule has 7 heteroatoms. The molecule has 0 saturated carbocycles. The van der Waals surface area contributed by atoms with Gasteiger partial charge in [0, 0.05) is 38.4 Å². The van der Waals surface area contributed by atoms with Crippen LogP contribution in [0.15, 0.2) is 65.6 Å². The molecule has 2 aromatic carbocycles. The van der Waals surface area contributed by atoms with Crippen LogP contribution in [0, 0.1) is 0 Å². The van der Waals surface area contributed by atoms with Crippen LogP contribution < -0.4 is 4.90 Å². The maximum absolute atomic E-state index is 12.7. The summed E-state index contributed by atoms with van der Waals surface area (Å²) in [6.45, 7) is 4.72. The van der Waals surface area contributed by atoms with Crippen LogP contribution >= 0.6 is 0 Å². The molecule has 0 spiro atoms. The van der Waals surface area contributed by atoms with E-state index >= 15 is 0 Å². The van der Waals surface area contributed by atoms with E-state index in [0.29, 0.717) is 44.2 Å². The third-order valence-electron chi connectivity index (χ3n) is 4.76. The molecular formula is C20H25N3O3S. The van der Waals surface area contributed by atoms with Gasteiger partial charge in [0.1, 0.15) is 0 Å². The summed E-state index contributed by atoms with van der Waals surface area (Å²) in [6, 6.07) is 18.1. The number of para-hydroxylation sites is 1. The van der Waals surface area contributed by atoms with E-state index in [-0.39, 0.29) is 5.91 Å². The van der Waals surface area contributed by atoms with Gasteiger partial charge in [0.25, 0.3) is 0 Å². The lowest BCUT2D eigenvalue weighted by Gasteiger charge is -2.34. The molecular weight excluding hydrogens is 362 g/mol. The summed E-state index contributed by atoms with van der Waals surface area (Å²) >= 11 is 0. The summed E-state index contributed by atoms with van der Waals surface area (Å²) in [5, 5.41) is 0. The highest BCUT2D eigenvalue weighted by Gasteiger charge is 2.29. The summed E-state index contributed by atoms with van der Waals surface area (Å²) in [4.78, 5) is 16.8. The van der Waals surface area contributed by atoms with E-state index in [1.54, 1.807) is 35.2 Å². The van der Waals surface area contributed by atoms with Crippen molar-refractivity contribution >= 4 is 21.6 Å². The van der Waals surface area contributed by atoms with Gasteiger partial charge in [-0.1, -0.05) is 36.4 Å². The van der Waals surface area contributed by atoms with Gasteiger partial charge in [-0.15, -0.1) is 0 Å². The lowest BCUT2D eigenvalue weighted by molar-refractivity contribution is -0.120. The zero-order valence-electron chi connectivity index (χ0n) is 15.5. The normalized spacial score (nSPS) is 16.2. The first kappa shape index (κ1) is 19.5. The fourth-order valence-electron chi connectivity index (χ4n) is 3.26. The average Bonchev–Trinajstić information content (AvgIpc) is 2.70. The van der Waals surface area contributed by atoms with Crippen molar-refractivity contribution in [2.24, 2.45) is 0 Å². The Morgan fingerprint density at radius 3 is 2.04 bits per heavy atom. The first-order valence-corrected chi connectivity index (χ1v) is 10.6. The summed E-state index contributed by atoms with van der Waals surface area (Å²) in [5.74, 6) is 0.0306. The van der Waals surface area contributed by atoms with Crippen molar-refractivity contribution in [1.82, 2.24) is 9.21 Å². The molecule has 0 radical (unpaired) electrons.